The van der Waals surface area contributed by atoms with Crippen molar-refractivity contribution in [1.82, 2.24) is 4.90 Å². The zero-order chi connectivity index (χ0) is 12.0. The van der Waals surface area contributed by atoms with E-state index in [1.807, 2.05) is 0 Å². The van der Waals surface area contributed by atoms with E-state index in [0.717, 1.165) is 4.90 Å². The molecule has 0 unspecified atom stereocenters. The summed E-state index contributed by atoms with van der Waals surface area (Å²) in [6.45, 7) is 0.366. The topological polar surface area (TPSA) is 66.8 Å². The Kier molecular flexibility index (Phi) is 2.24. The van der Waals surface area contributed by atoms with Gasteiger partial charge in [-0.1, -0.05) is 12.1 Å². The van der Waals surface area contributed by atoms with Crippen molar-refractivity contribution in [3.63, 3.8) is 0 Å². The van der Waals surface area contributed by atoms with E-state index in [4.69, 9.17) is 4.74 Å². The maximum Gasteiger partial charge on any atom is 0.261 e. The van der Waals surface area contributed by atoms with Crippen LogP contribution in [0.2, 0.25) is 0 Å². The van der Waals surface area contributed by atoms with Crippen molar-refractivity contribution in [2.45, 2.75) is 12.1 Å². The molecule has 5 heteroatoms. The monoisotopic (exact) mass is 233 g/mol. The number of rotatable bonds is 1. The van der Waals surface area contributed by atoms with Crippen molar-refractivity contribution >= 4 is 11.8 Å². The van der Waals surface area contributed by atoms with Crippen LogP contribution in [-0.4, -0.2) is 47.2 Å². The first-order chi connectivity index (χ1) is 8.20. The smallest absolute Gasteiger partial charge is 0.261 e. The molecular formula is C12H11NO4. The third-order valence-corrected chi connectivity index (χ3v) is 3.18. The molecular weight excluding hydrogens is 222 g/mol. The second kappa shape index (κ2) is 3.65. The van der Waals surface area contributed by atoms with Gasteiger partial charge in [0, 0.05) is 0 Å². The summed E-state index contributed by atoms with van der Waals surface area (Å²) in [5.74, 6) is -0.694. The Morgan fingerprint density at radius 3 is 2.18 bits per heavy atom. The maximum absolute atomic E-state index is 12.1. The summed E-state index contributed by atoms with van der Waals surface area (Å²) in [6, 6.07) is 6.11. The number of nitrogens with zero attached hydrogens (tertiary/aromatic N) is 1. The Morgan fingerprint density at radius 2 is 1.71 bits per heavy atom. The molecule has 0 bridgehead atoms. The highest BCUT2D eigenvalue weighted by molar-refractivity contribution is 6.21. The van der Waals surface area contributed by atoms with Gasteiger partial charge in [-0.15, -0.1) is 0 Å². The van der Waals surface area contributed by atoms with Gasteiger partial charge in [-0.05, 0) is 12.1 Å². The molecule has 1 saturated heterocycles. The fourth-order valence-electron chi connectivity index (χ4n) is 2.29. The van der Waals surface area contributed by atoms with Gasteiger partial charge in [0.25, 0.3) is 11.8 Å². The van der Waals surface area contributed by atoms with Gasteiger partial charge in [0.2, 0.25) is 0 Å². The van der Waals surface area contributed by atoms with Gasteiger partial charge >= 0.3 is 0 Å². The van der Waals surface area contributed by atoms with E-state index in [1.165, 1.54) is 0 Å². The van der Waals surface area contributed by atoms with Crippen molar-refractivity contribution < 1.29 is 19.4 Å². The predicted octanol–water partition coefficient (Wildman–Crippen LogP) is 0.0423. The predicted molar refractivity (Wildman–Crippen MR) is 57.6 cm³/mol. The lowest BCUT2D eigenvalue weighted by atomic mass is 10.1. The molecule has 0 spiro atoms. The number of fused-ring (bicyclic) bond motifs is 1. The summed E-state index contributed by atoms with van der Waals surface area (Å²) in [4.78, 5) is 25.3. The molecule has 2 atom stereocenters. The molecule has 2 aliphatic heterocycles. The van der Waals surface area contributed by atoms with E-state index < -0.39 is 12.1 Å². The second-order valence-electron chi connectivity index (χ2n) is 4.20. The van der Waals surface area contributed by atoms with Crippen LogP contribution in [0.3, 0.4) is 0 Å². The third kappa shape index (κ3) is 1.40. The Morgan fingerprint density at radius 1 is 1.12 bits per heavy atom. The number of benzene rings is 1. The zero-order valence-electron chi connectivity index (χ0n) is 9.00. The van der Waals surface area contributed by atoms with Crippen LogP contribution in [0, 0.1) is 0 Å². The molecule has 5 nitrogen and oxygen atoms in total. The fourth-order valence-corrected chi connectivity index (χ4v) is 2.29. The van der Waals surface area contributed by atoms with Gasteiger partial charge in [-0.3, -0.25) is 14.5 Å². The standard InChI is InChI=1S/C12H11NO4/c14-10-6-17-5-9(10)13-11(15)7-3-1-2-4-8(7)12(13)16/h1-4,9-10,14H,5-6H2/t9-,10-/m1/s1. The Labute approximate surface area is 97.6 Å². The number of amides is 2. The van der Waals surface area contributed by atoms with Crippen LogP contribution < -0.4 is 0 Å². The third-order valence-electron chi connectivity index (χ3n) is 3.18. The first-order valence-electron chi connectivity index (χ1n) is 5.43. The highest BCUT2D eigenvalue weighted by Crippen LogP contribution is 2.27. The van der Waals surface area contributed by atoms with Crippen LogP contribution in [0.4, 0.5) is 0 Å². The number of aliphatic hydroxyl groups is 1. The van der Waals surface area contributed by atoms with Crippen molar-refractivity contribution in [3.8, 4) is 0 Å². The van der Waals surface area contributed by atoms with Crippen LogP contribution in [0.1, 0.15) is 20.7 Å². The lowest BCUT2D eigenvalue weighted by molar-refractivity contribution is 0.0451. The molecule has 17 heavy (non-hydrogen) atoms. The van der Waals surface area contributed by atoms with E-state index in [9.17, 15) is 14.7 Å². The summed E-state index contributed by atoms with van der Waals surface area (Å²) < 4.78 is 5.08. The number of carbonyl (C=O) groups is 2. The number of aliphatic hydroxyl groups excluding tert-OH is 1. The molecule has 3 rings (SSSR count). The molecule has 2 heterocycles. The first-order valence-corrected chi connectivity index (χ1v) is 5.43. The lowest BCUT2D eigenvalue weighted by Gasteiger charge is -2.22. The largest absolute Gasteiger partial charge is 0.388 e. The molecule has 1 N–H and O–H groups in total. The minimum Gasteiger partial charge on any atom is -0.388 e. The molecule has 1 aromatic carbocycles. The number of hydrogen-bond donors (Lipinski definition) is 1. The quantitative estimate of drug-likeness (QED) is 0.695. The molecule has 0 saturated carbocycles. The van der Waals surface area contributed by atoms with E-state index in [-0.39, 0.29) is 25.0 Å². The molecule has 1 fully saturated rings. The van der Waals surface area contributed by atoms with Crippen molar-refractivity contribution in [3.05, 3.63) is 35.4 Å². The lowest BCUT2D eigenvalue weighted by Crippen LogP contribution is -2.46. The average molecular weight is 233 g/mol. The highest BCUT2D eigenvalue weighted by Gasteiger charge is 2.44. The van der Waals surface area contributed by atoms with Gasteiger partial charge in [-0.2, -0.15) is 0 Å². The Balaban J connectivity index is 2.00. The first kappa shape index (κ1) is 10.4. The van der Waals surface area contributed by atoms with Crippen LogP contribution in [0.25, 0.3) is 0 Å². The van der Waals surface area contributed by atoms with Gasteiger partial charge in [0.15, 0.2) is 0 Å². The molecule has 0 radical (unpaired) electrons. The highest BCUT2D eigenvalue weighted by atomic mass is 16.5. The molecule has 88 valence electrons. The molecule has 1 aromatic rings. The normalized spacial score (nSPS) is 27.7. The van der Waals surface area contributed by atoms with Crippen LogP contribution in [0.5, 0.6) is 0 Å². The van der Waals surface area contributed by atoms with E-state index >= 15 is 0 Å². The molecule has 0 aliphatic carbocycles. The molecule has 2 amide bonds. The zero-order valence-corrected chi connectivity index (χ0v) is 9.00. The van der Waals surface area contributed by atoms with Gasteiger partial charge in [0.1, 0.15) is 6.10 Å². The van der Waals surface area contributed by atoms with Crippen molar-refractivity contribution in [2.75, 3.05) is 13.2 Å². The minimum absolute atomic E-state index is 0.165. The van der Waals surface area contributed by atoms with E-state index in [2.05, 4.69) is 0 Å². The minimum atomic E-state index is -0.794. The van der Waals surface area contributed by atoms with Crippen LogP contribution in [-0.2, 0) is 4.74 Å². The summed E-state index contributed by atoms with van der Waals surface area (Å²) in [6.07, 6.45) is -0.794. The van der Waals surface area contributed by atoms with Crippen LogP contribution in [0.15, 0.2) is 24.3 Å². The van der Waals surface area contributed by atoms with Crippen molar-refractivity contribution in [2.24, 2.45) is 0 Å². The number of hydrogen-bond acceptors (Lipinski definition) is 4. The van der Waals surface area contributed by atoms with Gasteiger partial charge < -0.3 is 9.84 Å². The van der Waals surface area contributed by atoms with E-state index in [1.54, 1.807) is 24.3 Å². The Hall–Kier alpha value is -1.72. The van der Waals surface area contributed by atoms with Gasteiger partial charge in [0.05, 0.1) is 30.4 Å². The fraction of sp³-hybridized carbons (Fsp3) is 0.333. The number of carbonyl (C=O) groups excluding carboxylic acids is 2. The average Bonchev–Trinajstić information content (AvgIpc) is 2.84. The van der Waals surface area contributed by atoms with Crippen LogP contribution >= 0.6 is 0 Å². The number of imide groups is 1. The summed E-state index contributed by atoms with van der Waals surface area (Å²) >= 11 is 0. The SMILES string of the molecule is O=C1c2ccccc2C(=O)N1[C@@H]1COC[C@H]1O. The summed E-state index contributed by atoms with van der Waals surface area (Å²) in [5, 5.41) is 9.69. The van der Waals surface area contributed by atoms with Crippen molar-refractivity contribution in [1.29, 1.82) is 0 Å². The van der Waals surface area contributed by atoms with Gasteiger partial charge in [-0.25, -0.2) is 0 Å². The maximum atomic E-state index is 12.1. The second-order valence-corrected chi connectivity index (χ2v) is 4.20. The molecule has 0 aromatic heterocycles. The summed E-state index contributed by atoms with van der Waals surface area (Å²) in [5.41, 5.74) is 0.799. The summed E-state index contributed by atoms with van der Waals surface area (Å²) in [7, 11) is 0. The molecule has 2 aliphatic rings. The number of ether oxygens (including phenoxy) is 1. The Bertz CT molecular complexity index is 464. The van der Waals surface area contributed by atoms with E-state index in [0.29, 0.717) is 11.1 Å².